The Morgan fingerprint density at radius 2 is 1.77 bits per heavy atom. The highest BCUT2D eigenvalue weighted by Crippen LogP contribution is 2.35. The number of carbonyl (C=O) groups is 1. The summed E-state index contributed by atoms with van der Waals surface area (Å²) in [4.78, 5) is 16.9. The van der Waals surface area contributed by atoms with Crippen LogP contribution in [0.2, 0.25) is 0 Å². The van der Waals surface area contributed by atoms with Gasteiger partial charge < -0.3 is 30.5 Å². The van der Waals surface area contributed by atoms with Crippen LogP contribution < -0.4 is 10.1 Å². The molecule has 2 aromatic carbocycles. The van der Waals surface area contributed by atoms with Crippen LogP contribution >= 0.6 is 0 Å². The van der Waals surface area contributed by atoms with Crippen molar-refractivity contribution in [3.8, 4) is 11.5 Å². The molecule has 0 saturated heterocycles. The van der Waals surface area contributed by atoms with E-state index in [1.165, 1.54) is 48.8 Å². The van der Waals surface area contributed by atoms with Crippen molar-refractivity contribution in [2.75, 3.05) is 5.32 Å². The maximum atomic E-state index is 12.7. The summed E-state index contributed by atoms with van der Waals surface area (Å²) in [6, 6.07) is 10.00. The molecule has 4 radical (unpaired) electrons. The van der Waals surface area contributed by atoms with Crippen LogP contribution in [0, 0.1) is 0 Å². The van der Waals surface area contributed by atoms with E-state index in [1.807, 2.05) is 20.8 Å². The third-order valence-corrected chi connectivity index (χ3v) is 6.97. The molecule has 1 atom stereocenters. The molecule has 0 saturated carbocycles. The summed E-state index contributed by atoms with van der Waals surface area (Å²) in [7, 11) is 8.36. The number of anilines is 1. The summed E-state index contributed by atoms with van der Waals surface area (Å²) in [5.74, 6) is -0.246. The highest BCUT2D eigenvalue weighted by atomic mass is 32.2. The zero-order chi connectivity index (χ0) is 29.5. The van der Waals surface area contributed by atoms with Crippen LogP contribution in [0.1, 0.15) is 31.9 Å². The Bertz CT molecular complexity index is 1590. The topological polar surface area (TPSA) is 167 Å². The zero-order valence-corrected chi connectivity index (χ0v) is 22.7. The Morgan fingerprint density at radius 3 is 2.40 bits per heavy atom. The summed E-state index contributed by atoms with van der Waals surface area (Å²) in [5.41, 5.74) is -1.97. The fourth-order valence-electron chi connectivity index (χ4n) is 3.80. The van der Waals surface area contributed by atoms with Gasteiger partial charge in [-0.25, -0.2) is 4.21 Å². The van der Waals surface area contributed by atoms with Gasteiger partial charge in [0, 0.05) is 28.2 Å². The number of benzene rings is 2. The largest absolute Gasteiger partial charge is 0.456 e. The van der Waals surface area contributed by atoms with Crippen LogP contribution in [0.5, 0.6) is 11.5 Å². The van der Waals surface area contributed by atoms with Crippen LogP contribution in [0.25, 0.3) is 10.9 Å². The first-order valence-corrected chi connectivity index (χ1v) is 13.1. The first kappa shape index (κ1) is 29.4. The second kappa shape index (κ2) is 10.8. The molecule has 0 aliphatic heterocycles. The molecule has 0 fully saturated rings. The molecule has 40 heavy (non-hydrogen) atoms. The van der Waals surface area contributed by atoms with E-state index < -0.39 is 21.5 Å². The summed E-state index contributed by atoms with van der Waals surface area (Å²) in [6.45, 7) is 5.93. The predicted molar refractivity (Wildman–Crippen MR) is 149 cm³/mol. The second-order valence-corrected chi connectivity index (χ2v) is 11.8. The average molecular weight is 560 g/mol. The third-order valence-electron chi connectivity index (χ3n) is 5.74. The second-order valence-electron chi connectivity index (χ2n) is 10.1. The molecule has 1 amide bonds. The van der Waals surface area contributed by atoms with Crippen molar-refractivity contribution in [1.29, 1.82) is 0 Å². The van der Waals surface area contributed by atoms with Gasteiger partial charge in [-0.3, -0.25) is 14.5 Å². The normalized spacial score (nSPS) is 13.3. The van der Waals surface area contributed by atoms with E-state index in [1.54, 1.807) is 16.9 Å². The maximum Gasteiger partial charge on any atom is 0.228 e. The van der Waals surface area contributed by atoms with Crippen molar-refractivity contribution in [2.24, 2.45) is 0 Å². The Kier molecular flexibility index (Phi) is 7.94. The molecule has 0 aliphatic rings. The highest BCUT2D eigenvalue weighted by Gasteiger charge is 2.27. The molecular formula is C26H26B2N4O7S. The lowest BCUT2D eigenvalue weighted by Crippen LogP contribution is -2.33. The highest BCUT2D eigenvalue weighted by molar-refractivity contribution is 7.87. The number of hydrogen-bond donors (Lipinski definition) is 5. The number of pyridine rings is 1. The number of rotatable bonds is 8. The third kappa shape index (κ3) is 6.77. The molecule has 0 spiro atoms. The van der Waals surface area contributed by atoms with Crippen molar-refractivity contribution in [3.05, 3.63) is 72.2 Å². The summed E-state index contributed by atoms with van der Waals surface area (Å²) >= 11 is 0. The molecule has 204 valence electrons. The summed E-state index contributed by atoms with van der Waals surface area (Å²) in [6.07, 6.45) is 4.57. The minimum absolute atomic E-state index is 0.00929. The number of aliphatic hydroxyl groups is 4. The van der Waals surface area contributed by atoms with Crippen LogP contribution in [-0.2, 0) is 33.2 Å². The number of amides is 1. The number of carbonyl (C=O) groups excluding carboxylic acids is 1. The van der Waals surface area contributed by atoms with Gasteiger partial charge in [-0.15, -0.1) is 0 Å². The van der Waals surface area contributed by atoms with Crippen molar-refractivity contribution in [1.82, 2.24) is 14.8 Å². The van der Waals surface area contributed by atoms with Crippen molar-refractivity contribution in [2.45, 2.75) is 48.3 Å². The van der Waals surface area contributed by atoms with Crippen LogP contribution in [0.3, 0.4) is 0 Å². The molecule has 4 rings (SSSR count). The molecule has 0 bridgehead atoms. The number of aromatic nitrogens is 3. The Labute approximate surface area is 235 Å². The van der Waals surface area contributed by atoms with Gasteiger partial charge in [-0.2, -0.15) is 5.10 Å². The van der Waals surface area contributed by atoms with E-state index in [4.69, 9.17) is 20.4 Å². The van der Waals surface area contributed by atoms with Gasteiger partial charge >= 0.3 is 0 Å². The first-order valence-electron chi connectivity index (χ1n) is 12.0. The number of nitrogens with zero attached hydrogens (tertiary/aromatic N) is 3. The maximum absolute atomic E-state index is 12.7. The molecular weight excluding hydrogens is 534 g/mol. The molecule has 2 heterocycles. The minimum atomic E-state index is -2.97. The molecule has 11 nitrogen and oxygen atoms in total. The lowest BCUT2D eigenvalue weighted by molar-refractivity contribution is -0.115. The Balaban J connectivity index is 1.61. The van der Waals surface area contributed by atoms with Gasteiger partial charge in [0.2, 0.25) is 5.91 Å². The van der Waals surface area contributed by atoms with Gasteiger partial charge in [0.25, 0.3) is 0 Å². The summed E-state index contributed by atoms with van der Waals surface area (Å²) in [5, 5.41) is 43.9. The van der Waals surface area contributed by atoms with Crippen LogP contribution in [-0.4, -0.2) is 66.0 Å². The fourth-order valence-corrected chi connectivity index (χ4v) is 4.57. The number of ether oxygens (including phenoxy) is 1. The van der Waals surface area contributed by atoms with Gasteiger partial charge in [-0.1, -0.05) is 6.07 Å². The van der Waals surface area contributed by atoms with E-state index in [0.717, 1.165) is 0 Å². The average Bonchev–Trinajstić information content (AvgIpc) is 3.32. The standard InChI is InChI=1S/C26H26B2N4O7S/c1-24(2,3)32-14-16(13-30-32)31-23(33)11-15-4-7-22(19(10-15)25(27,34)35)39-21-8-9-29-20-6-5-17(12-18(20)21)40(38)26(28,36)37/h4-10,12-14,34-37H,11H2,1-3H3,(H,31,33). The molecule has 14 heteroatoms. The van der Waals surface area contributed by atoms with Crippen LogP contribution in [0.15, 0.2) is 66.0 Å². The van der Waals surface area contributed by atoms with E-state index in [9.17, 15) is 29.4 Å². The monoisotopic (exact) mass is 560 g/mol. The Morgan fingerprint density at radius 1 is 1.05 bits per heavy atom. The first-order chi connectivity index (χ1) is 18.5. The van der Waals surface area contributed by atoms with Crippen molar-refractivity contribution in [3.63, 3.8) is 0 Å². The predicted octanol–water partition coefficient (Wildman–Crippen LogP) is 1.30. The van der Waals surface area contributed by atoms with Gasteiger partial charge in [-0.05, 0) is 62.7 Å². The minimum Gasteiger partial charge on any atom is -0.456 e. The molecule has 5 N–H and O–H groups in total. The van der Waals surface area contributed by atoms with Crippen LogP contribution in [0.4, 0.5) is 5.69 Å². The van der Waals surface area contributed by atoms with E-state index in [2.05, 4.69) is 15.4 Å². The summed E-state index contributed by atoms with van der Waals surface area (Å²) < 4.78 is 20.0. The zero-order valence-electron chi connectivity index (χ0n) is 21.9. The molecule has 4 aromatic rings. The smallest absolute Gasteiger partial charge is 0.228 e. The quantitative estimate of drug-likeness (QED) is 0.158. The van der Waals surface area contributed by atoms with Gasteiger partial charge in [0.15, 0.2) is 20.7 Å². The lowest BCUT2D eigenvalue weighted by Gasteiger charge is -2.22. The number of fused-ring (bicyclic) bond motifs is 1. The molecule has 1 unspecified atom stereocenters. The molecule has 0 aliphatic carbocycles. The number of hydrogen-bond acceptors (Lipinski definition) is 9. The van der Waals surface area contributed by atoms with Crippen molar-refractivity contribution >= 4 is 49.0 Å². The Hall–Kier alpha value is -3.55. The number of nitrogens with one attached hydrogen (secondary N) is 1. The fraction of sp³-hybridized carbons (Fsp3) is 0.269. The van der Waals surface area contributed by atoms with Gasteiger partial charge in [0.1, 0.15) is 28.0 Å². The van der Waals surface area contributed by atoms with Crippen molar-refractivity contribution < 1.29 is 34.2 Å². The SMILES string of the molecule is [B]C(O)(O)c1cc(CC(=O)Nc2cnn(C(C)(C)C)c2)ccc1Oc1ccnc2ccc(S(=O)C([B])(O)O)cc12. The van der Waals surface area contributed by atoms with E-state index in [-0.39, 0.29) is 39.8 Å². The molecule has 2 aromatic heterocycles. The van der Waals surface area contributed by atoms with E-state index >= 15 is 0 Å². The van der Waals surface area contributed by atoms with Gasteiger partial charge in [0.05, 0.1) is 29.4 Å². The lowest BCUT2D eigenvalue weighted by atomic mass is 9.85. The van der Waals surface area contributed by atoms with E-state index in [0.29, 0.717) is 22.2 Å².